The lowest BCUT2D eigenvalue weighted by atomic mass is 9.95. The molecule has 0 spiro atoms. The quantitative estimate of drug-likeness (QED) is 0.131. The van der Waals surface area contributed by atoms with Crippen LogP contribution >= 0.6 is 0 Å². The van der Waals surface area contributed by atoms with Gasteiger partial charge in [-0.3, -0.25) is 14.4 Å². The van der Waals surface area contributed by atoms with Gasteiger partial charge in [0.15, 0.2) is 5.78 Å². The number of fused-ring (bicyclic) bond motifs is 1. The Labute approximate surface area is 232 Å². The van der Waals surface area contributed by atoms with E-state index in [0.717, 1.165) is 10.8 Å². The molecule has 4 N–H and O–H groups in total. The normalized spacial score (nSPS) is 13.4. The number of benzene rings is 2. The summed E-state index contributed by atoms with van der Waals surface area (Å²) in [6, 6.07) is 10.1. The Kier molecular flexibility index (Phi) is 12.4. The summed E-state index contributed by atoms with van der Waals surface area (Å²) in [5.74, 6) is -7.08. The smallest absolute Gasteiger partial charge is 0.346 e. The molecule has 0 aliphatic rings. The molecule has 2 rings (SSSR count). The van der Waals surface area contributed by atoms with Crippen LogP contribution in [0.1, 0.15) is 49.4 Å². The fraction of sp³-hybridized carbons (Fsp3) is 0.407. The van der Waals surface area contributed by atoms with Crippen LogP contribution in [0.5, 0.6) is 0 Å². The number of rotatable bonds is 14. The number of nitrogens with one attached hydrogen (secondary N) is 2. The molecule has 2 amide bonds. The predicted octanol–water partition coefficient (Wildman–Crippen LogP) is 2.30. The lowest BCUT2D eigenvalue weighted by molar-refractivity contribution is -0.286. The number of ketones is 1. The van der Waals surface area contributed by atoms with Crippen molar-refractivity contribution in [2.75, 3.05) is 6.54 Å². The Hall–Kier alpha value is -4.33. The van der Waals surface area contributed by atoms with Gasteiger partial charge in [-0.25, -0.2) is 19.4 Å². The minimum absolute atomic E-state index is 0.124. The van der Waals surface area contributed by atoms with Crippen LogP contribution in [0.25, 0.3) is 10.8 Å². The molecule has 0 heterocycles. The number of carbonyl (C=O) groups is 6. The van der Waals surface area contributed by atoms with Crippen LogP contribution < -0.4 is 16.4 Å². The number of carbonyl (C=O) groups excluding carboxylic acids is 6. The number of amides is 2. The van der Waals surface area contributed by atoms with Crippen LogP contribution in [-0.2, 0) is 33.7 Å². The van der Waals surface area contributed by atoms with E-state index in [9.17, 15) is 41.9 Å². The lowest BCUT2D eigenvalue weighted by Crippen LogP contribution is -2.44. The summed E-state index contributed by atoms with van der Waals surface area (Å²) < 4.78 is 36.3. The highest BCUT2D eigenvalue weighted by Gasteiger charge is 2.43. The largest absolute Gasteiger partial charge is 0.495 e. The Balaban J connectivity index is 1.98. The van der Waals surface area contributed by atoms with Gasteiger partial charge in [0, 0.05) is 17.9 Å². The molecule has 0 saturated heterocycles. The molecule has 14 heteroatoms. The Bertz CT molecular complexity index is 1270. The molecule has 222 valence electrons. The van der Waals surface area contributed by atoms with Crippen molar-refractivity contribution in [3.05, 3.63) is 48.0 Å². The van der Waals surface area contributed by atoms with Crippen molar-refractivity contribution in [1.29, 1.82) is 0 Å². The van der Waals surface area contributed by atoms with Gasteiger partial charge in [0.2, 0.25) is 5.91 Å². The van der Waals surface area contributed by atoms with E-state index in [4.69, 9.17) is 5.73 Å². The minimum Gasteiger partial charge on any atom is -0.346 e. The molecule has 0 aliphatic heterocycles. The van der Waals surface area contributed by atoms with Crippen LogP contribution in [0.4, 0.5) is 13.2 Å². The molecule has 0 bridgehead atoms. The highest BCUT2D eigenvalue weighted by Crippen LogP contribution is 2.18. The third-order valence-electron chi connectivity index (χ3n) is 5.93. The van der Waals surface area contributed by atoms with Crippen LogP contribution in [0, 0.1) is 5.92 Å². The third-order valence-corrected chi connectivity index (χ3v) is 5.93. The number of halogens is 3. The van der Waals surface area contributed by atoms with Crippen molar-refractivity contribution < 1.29 is 51.7 Å². The zero-order chi connectivity index (χ0) is 30.6. The summed E-state index contributed by atoms with van der Waals surface area (Å²) in [6.45, 7) is 1.75. The number of nitrogens with two attached hydrogens (primary N) is 1. The van der Waals surface area contributed by atoms with E-state index in [-0.39, 0.29) is 19.1 Å². The number of alkyl halides is 3. The fourth-order valence-electron chi connectivity index (χ4n) is 3.72. The van der Waals surface area contributed by atoms with Gasteiger partial charge in [0.1, 0.15) is 6.29 Å². The van der Waals surface area contributed by atoms with E-state index in [2.05, 4.69) is 20.4 Å². The van der Waals surface area contributed by atoms with Crippen molar-refractivity contribution in [2.45, 2.75) is 57.3 Å². The van der Waals surface area contributed by atoms with Crippen LogP contribution in [0.2, 0.25) is 0 Å². The van der Waals surface area contributed by atoms with Crippen LogP contribution in [0.3, 0.4) is 0 Å². The second kappa shape index (κ2) is 15.5. The number of hydrogen-bond acceptors (Lipinski definition) is 9. The SMILES string of the molecule is C[C@@H](CC(=O)[C@H](CCCCN)NC(=O)c1ccc2ccccc2c1)C(=O)N[C@H](C=O)CC(=O)OOC(=O)C(F)(F)F. The molecule has 0 saturated carbocycles. The molecule has 0 radical (unpaired) electrons. The molecule has 41 heavy (non-hydrogen) atoms. The van der Waals surface area contributed by atoms with E-state index >= 15 is 0 Å². The van der Waals surface area contributed by atoms with Crippen molar-refractivity contribution in [1.82, 2.24) is 10.6 Å². The van der Waals surface area contributed by atoms with Crippen LogP contribution in [-0.4, -0.2) is 60.6 Å². The van der Waals surface area contributed by atoms with Crippen LogP contribution in [0.15, 0.2) is 42.5 Å². The molecular formula is C27H30F3N3O8. The summed E-state index contributed by atoms with van der Waals surface area (Å²) in [7, 11) is 0. The van der Waals surface area contributed by atoms with E-state index < -0.39 is 60.1 Å². The Morgan fingerprint density at radius 3 is 2.27 bits per heavy atom. The summed E-state index contributed by atoms with van der Waals surface area (Å²) in [5.41, 5.74) is 5.88. The first kappa shape index (κ1) is 32.9. The molecule has 0 unspecified atom stereocenters. The second-order valence-electron chi connectivity index (χ2n) is 9.22. The van der Waals surface area contributed by atoms with Gasteiger partial charge in [0.05, 0.1) is 18.5 Å². The number of unbranched alkanes of at least 4 members (excludes halogenated alkanes) is 1. The van der Waals surface area contributed by atoms with Crippen molar-refractivity contribution in [3.8, 4) is 0 Å². The Morgan fingerprint density at radius 2 is 1.63 bits per heavy atom. The Morgan fingerprint density at radius 1 is 0.951 bits per heavy atom. The van der Waals surface area contributed by atoms with Gasteiger partial charge in [-0.15, -0.1) is 0 Å². The average Bonchev–Trinajstić information content (AvgIpc) is 2.93. The monoisotopic (exact) mass is 581 g/mol. The molecule has 0 fully saturated rings. The number of hydrogen-bond donors (Lipinski definition) is 3. The first-order valence-corrected chi connectivity index (χ1v) is 12.6. The standard InChI is InChI=1S/C27H30F3N3O8/c1-16(24(37)32-20(15-34)14-23(36)40-41-26(39)27(28,29)30)12-22(35)21(8-4-5-11-31)33-25(38)19-10-9-17-6-2-3-7-18(17)13-19/h2-3,6-7,9-10,13,15-16,20-21H,4-5,8,11-12,14,31H2,1H3,(H,32,37)(H,33,38)/t16-,20-,21-/m0/s1. The van der Waals surface area contributed by atoms with Gasteiger partial charge in [0.25, 0.3) is 5.91 Å². The van der Waals surface area contributed by atoms with Gasteiger partial charge in [-0.2, -0.15) is 13.2 Å². The van der Waals surface area contributed by atoms with Gasteiger partial charge < -0.3 is 21.2 Å². The van der Waals surface area contributed by atoms with Crippen molar-refractivity contribution >= 4 is 46.6 Å². The van der Waals surface area contributed by atoms with E-state index in [1.165, 1.54) is 6.92 Å². The predicted molar refractivity (Wildman–Crippen MR) is 138 cm³/mol. The molecule has 0 aromatic heterocycles. The molecule has 3 atom stereocenters. The first-order valence-electron chi connectivity index (χ1n) is 12.6. The first-order chi connectivity index (χ1) is 19.3. The fourth-order valence-corrected chi connectivity index (χ4v) is 3.72. The molecule has 2 aromatic rings. The maximum absolute atomic E-state index is 13.1. The van der Waals surface area contributed by atoms with Crippen molar-refractivity contribution in [3.63, 3.8) is 0 Å². The third kappa shape index (κ3) is 10.6. The molecule has 11 nitrogen and oxygen atoms in total. The highest BCUT2D eigenvalue weighted by atomic mass is 19.4. The maximum Gasteiger partial charge on any atom is 0.495 e. The van der Waals surface area contributed by atoms with Gasteiger partial charge in [-0.05, 0) is 48.7 Å². The summed E-state index contributed by atoms with van der Waals surface area (Å²) in [5, 5.41) is 6.65. The number of Topliss-reactive ketones (excluding diaryl/α,β-unsaturated/α-hetero) is 1. The average molecular weight is 582 g/mol. The van der Waals surface area contributed by atoms with E-state index in [1.807, 2.05) is 24.3 Å². The van der Waals surface area contributed by atoms with Gasteiger partial charge in [-0.1, -0.05) is 37.3 Å². The summed E-state index contributed by atoms with van der Waals surface area (Å²) in [4.78, 5) is 79.1. The van der Waals surface area contributed by atoms with E-state index in [0.29, 0.717) is 24.9 Å². The maximum atomic E-state index is 13.1. The summed E-state index contributed by atoms with van der Waals surface area (Å²) in [6.07, 6.45) is -5.17. The molecular weight excluding hydrogens is 551 g/mol. The highest BCUT2D eigenvalue weighted by molar-refractivity contribution is 6.01. The van der Waals surface area contributed by atoms with Crippen molar-refractivity contribution in [2.24, 2.45) is 11.7 Å². The topological polar surface area (TPSA) is 171 Å². The zero-order valence-electron chi connectivity index (χ0n) is 22.1. The molecule has 0 aliphatic carbocycles. The van der Waals surface area contributed by atoms with E-state index in [1.54, 1.807) is 18.2 Å². The number of aldehydes is 1. The minimum atomic E-state index is -5.41. The van der Waals surface area contributed by atoms with Gasteiger partial charge >= 0.3 is 18.1 Å². The summed E-state index contributed by atoms with van der Waals surface area (Å²) >= 11 is 0. The molecule has 2 aromatic carbocycles. The lowest BCUT2D eigenvalue weighted by Gasteiger charge is -2.21. The second-order valence-corrected chi connectivity index (χ2v) is 9.22. The zero-order valence-corrected chi connectivity index (χ0v) is 22.1.